The minimum Gasteiger partial charge on any atom is -0.394 e. The highest BCUT2D eigenvalue weighted by atomic mass is 16.5. The lowest BCUT2D eigenvalue weighted by Crippen LogP contribution is -2.15. The van der Waals surface area contributed by atoms with E-state index in [1.165, 1.54) is 0 Å². The molecule has 0 bridgehead atoms. The Hall–Kier alpha value is -1.76. The van der Waals surface area contributed by atoms with E-state index in [-0.39, 0.29) is 12.5 Å². The number of ether oxygens (including phenoxy) is 1. The molecule has 0 aliphatic carbocycles. The number of rotatable bonds is 5. The van der Waals surface area contributed by atoms with Gasteiger partial charge in [0.1, 0.15) is 12.1 Å². The molecular weight excluding hydrogens is 234 g/mol. The van der Waals surface area contributed by atoms with Gasteiger partial charge in [-0.3, -0.25) is 0 Å². The maximum atomic E-state index is 8.93. The summed E-state index contributed by atoms with van der Waals surface area (Å²) < 4.78 is 10.4. The molecule has 0 saturated carbocycles. The van der Waals surface area contributed by atoms with Crippen LogP contribution in [0.2, 0.25) is 0 Å². The second kappa shape index (κ2) is 5.72. The second-order valence-corrected chi connectivity index (χ2v) is 3.81. The predicted molar refractivity (Wildman–Crippen MR) is 63.6 cm³/mol. The lowest BCUT2D eigenvalue weighted by atomic mass is 10.1. The molecule has 6 heteroatoms. The van der Waals surface area contributed by atoms with Gasteiger partial charge in [-0.25, -0.2) is 0 Å². The van der Waals surface area contributed by atoms with Crippen molar-refractivity contribution in [1.82, 2.24) is 10.1 Å². The van der Waals surface area contributed by atoms with Crippen LogP contribution in [0.1, 0.15) is 29.4 Å². The Kier molecular flexibility index (Phi) is 4.03. The number of aliphatic hydroxyl groups is 1. The van der Waals surface area contributed by atoms with Crippen LogP contribution in [0.5, 0.6) is 0 Å². The van der Waals surface area contributed by atoms with Crippen LogP contribution < -0.4 is 5.73 Å². The summed E-state index contributed by atoms with van der Waals surface area (Å²) in [5, 5.41) is 12.8. The van der Waals surface area contributed by atoms with Gasteiger partial charge in [0, 0.05) is 7.11 Å². The van der Waals surface area contributed by atoms with Crippen LogP contribution in [0.15, 0.2) is 34.9 Å². The molecule has 0 saturated heterocycles. The lowest BCUT2D eigenvalue weighted by Gasteiger charge is -2.10. The largest absolute Gasteiger partial charge is 0.394 e. The number of nitrogens with two attached hydrogens (primary N) is 1. The SMILES string of the molecule is COC(c1ccccc1)c1noc([C@H](N)CO)n1. The quantitative estimate of drug-likeness (QED) is 0.813. The highest BCUT2D eigenvalue weighted by Crippen LogP contribution is 2.23. The Morgan fingerprint density at radius 1 is 1.39 bits per heavy atom. The van der Waals surface area contributed by atoms with E-state index in [0.717, 1.165) is 5.56 Å². The second-order valence-electron chi connectivity index (χ2n) is 3.81. The number of aromatic nitrogens is 2. The van der Waals surface area contributed by atoms with Crippen LogP contribution in [0.25, 0.3) is 0 Å². The molecule has 96 valence electrons. The maximum Gasteiger partial charge on any atom is 0.246 e. The Labute approximate surface area is 104 Å². The summed E-state index contributed by atoms with van der Waals surface area (Å²) in [5.41, 5.74) is 6.52. The van der Waals surface area contributed by atoms with Crippen LogP contribution in [0.3, 0.4) is 0 Å². The molecular formula is C12H15N3O3. The zero-order chi connectivity index (χ0) is 13.0. The van der Waals surface area contributed by atoms with E-state index in [9.17, 15) is 0 Å². The van der Waals surface area contributed by atoms with E-state index in [0.29, 0.717) is 5.82 Å². The molecule has 0 amide bonds. The molecule has 2 rings (SSSR count). The fourth-order valence-corrected chi connectivity index (χ4v) is 1.60. The average molecular weight is 249 g/mol. The zero-order valence-electron chi connectivity index (χ0n) is 9.98. The van der Waals surface area contributed by atoms with Crippen LogP contribution in [-0.4, -0.2) is 29.0 Å². The van der Waals surface area contributed by atoms with Crippen molar-refractivity contribution in [2.24, 2.45) is 5.73 Å². The molecule has 0 aliphatic rings. The fraction of sp³-hybridized carbons (Fsp3) is 0.333. The van der Waals surface area contributed by atoms with Crippen molar-refractivity contribution < 1.29 is 14.4 Å². The van der Waals surface area contributed by atoms with Crippen LogP contribution in [0, 0.1) is 0 Å². The van der Waals surface area contributed by atoms with Crippen molar-refractivity contribution in [3.63, 3.8) is 0 Å². The van der Waals surface area contributed by atoms with Gasteiger partial charge < -0.3 is 20.1 Å². The van der Waals surface area contributed by atoms with Gasteiger partial charge in [0.2, 0.25) is 11.7 Å². The molecule has 2 aromatic rings. The van der Waals surface area contributed by atoms with E-state index >= 15 is 0 Å². The molecule has 6 nitrogen and oxygen atoms in total. The molecule has 0 radical (unpaired) electrons. The molecule has 3 N–H and O–H groups in total. The summed E-state index contributed by atoms with van der Waals surface area (Å²) in [6, 6.07) is 8.88. The molecule has 0 fully saturated rings. The molecule has 2 atom stereocenters. The van der Waals surface area contributed by atoms with Gasteiger partial charge in [0.25, 0.3) is 0 Å². The van der Waals surface area contributed by atoms with Gasteiger partial charge in [0.15, 0.2) is 0 Å². The first-order valence-electron chi connectivity index (χ1n) is 5.54. The number of aliphatic hydroxyl groups excluding tert-OH is 1. The number of benzene rings is 1. The third kappa shape index (κ3) is 2.56. The number of methoxy groups -OCH3 is 1. The molecule has 1 heterocycles. The topological polar surface area (TPSA) is 94.4 Å². The molecule has 18 heavy (non-hydrogen) atoms. The van der Waals surface area contributed by atoms with Crippen molar-refractivity contribution in [2.75, 3.05) is 13.7 Å². The van der Waals surface area contributed by atoms with Crippen LogP contribution >= 0.6 is 0 Å². The molecule has 0 aliphatic heterocycles. The number of hydrogen-bond acceptors (Lipinski definition) is 6. The standard InChI is InChI=1S/C12H15N3O3/c1-17-10(8-5-3-2-4-6-8)11-14-12(18-15-11)9(13)7-16/h2-6,9-10,16H,7,13H2,1H3/t9-,10?/m1/s1. The smallest absolute Gasteiger partial charge is 0.246 e. The van der Waals surface area contributed by atoms with Gasteiger partial charge in [0.05, 0.1) is 6.61 Å². The maximum absolute atomic E-state index is 8.93. The van der Waals surface area contributed by atoms with Crippen molar-refractivity contribution in [2.45, 2.75) is 12.1 Å². The van der Waals surface area contributed by atoms with E-state index in [1.54, 1.807) is 7.11 Å². The van der Waals surface area contributed by atoms with E-state index in [2.05, 4.69) is 10.1 Å². The van der Waals surface area contributed by atoms with Gasteiger partial charge in [-0.05, 0) is 5.56 Å². The summed E-state index contributed by atoms with van der Waals surface area (Å²) in [6.45, 7) is -0.245. The van der Waals surface area contributed by atoms with Gasteiger partial charge in [-0.15, -0.1) is 0 Å². The summed E-state index contributed by atoms with van der Waals surface area (Å²) in [5.74, 6) is 0.591. The fourth-order valence-electron chi connectivity index (χ4n) is 1.60. The normalized spacial score (nSPS) is 14.4. The zero-order valence-corrected chi connectivity index (χ0v) is 9.98. The van der Waals surface area contributed by atoms with E-state index < -0.39 is 12.1 Å². The monoisotopic (exact) mass is 249 g/mol. The van der Waals surface area contributed by atoms with Gasteiger partial charge in [-0.1, -0.05) is 35.5 Å². The summed E-state index contributed by atoms with van der Waals surface area (Å²) in [6.07, 6.45) is -0.408. The summed E-state index contributed by atoms with van der Waals surface area (Å²) >= 11 is 0. The van der Waals surface area contributed by atoms with E-state index in [4.69, 9.17) is 20.1 Å². The Morgan fingerprint density at radius 3 is 2.72 bits per heavy atom. The minimum atomic E-state index is -0.667. The highest BCUT2D eigenvalue weighted by molar-refractivity contribution is 5.22. The summed E-state index contributed by atoms with van der Waals surface area (Å²) in [7, 11) is 1.57. The Bertz CT molecular complexity index is 486. The summed E-state index contributed by atoms with van der Waals surface area (Å²) in [4.78, 5) is 4.14. The third-order valence-electron chi connectivity index (χ3n) is 2.54. The Morgan fingerprint density at radius 2 is 2.11 bits per heavy atom. The Balaban J connectivity index is 2.26. The van der Waals surface area contributed by atoms with Crippen LogP contribution in [0.4, 0.5) is 0 Å². The van der Waals surface area contributed by atoms with Gasteiger partial charge >= 0.3 is 0 Å². The first-order chi connectivity index (χ1) is 8.76. The average Bonchev–Trinajstić information content (AvgIpc) is 2.89. The highest BCUT2D eigenvalue weighted by Gasteiger charge is 2.21. The molecule has 1 aromatic carbocycles. The van der Waals surface area contributed by atoms with Crippen molar-refractivity contribution in [1.29, 1.82) is 0 Å². The van der Waals surface area contributed by atoms with Crippen LogP contribution in [-0.2, 0) is 4.74 Å². The van der Waals surface area contributed by atoms with E-state index in [1.807, 2.05) is 30.3 Å². The lowest BCUT2D eigenvalue weighted by molar-refractivity contribution is 0.126. The first-order valence-corrected chi connectivity index (χ1v) is 5.54. The first kappa shape index (κ1) is 12.7. The van der Waals surface area contributed by atoms with Crippen molar-refractivity contribution in [3.05, 3.63) is 47.6 Å². The predicted octanol–water partition coefficient (Wildman–Crippen LogP) is 0.797. The number of hydrogen-bond donors (Lipinski definition) is 2. The van der Waals surface area contributed by atoms with Crippen molar-refractivity contribution in [3.8, 4) is 0 Å². The van der Waals surface area contributed by atoms with Crippen molar-refractivity contribution >= 4 is 0 Å². The molecule has 1 aromatic heterocycles. The molecule has 1 unspecified atom stereocenters. The number of nitrogens with zero attached hydrogens (tertiary/aromatic N) is 2. The third-order valence-corrected chi connectivity index (χ3v) is 2.54. The minimum absolute atomic E-state index is 0.200. The van der Waals surface area contributed by atoms with Gasteiger partial charge in [-0.2, -0.15) is 4.98 Å². The molecule has 0 spiro atoms.